The normalized spacial score (nSPS) is 11.2. The number of hydrogen-bond donors (Lipinski definition) is 0. The summed E-state index contributed by atoms with van der Waals surface area (Å²) < 4.78 is 4.91. The second-order valence-electron chi connectivity index (χ2n) is 4.81. The molecule has 0 amide bonds. The molecule has 0 aliphatic rings. The van der Waals surface area contributed by atoms with Gasteiger partial charge in [0, 0.05) is 18.5 Å². The fourth-order valence-electron chi connectivity index (χ4n) is 2.07. The Labute approximate surface area is 125 Å². The lowest BCUT2D eigenvalue weighted by atomic mass is 10.0. The van der Waals surface area contributed by atoms with Crippen molar-refractivity contribution in [3.05, 3.63) is 71.6 Å². The van der Waals surface area contributed by atoms with E-state index in [4.69, 9.17) is 4.74 Å². The second kappa shape index (κ2) is 7.39. The molecule has 3 nitrogen and oxygen atoms in total. The predicted molar refractivity (Wildman–Crippen MR) is 83.8 cm³/mol. The van der Waals surface area contributed by atoms with Crippen LogP contribution in [0.5, 0.6) is 0 Å². The Hall–Kier alpha value is -2.42. The van der Waals surface area contributed by atoms with Gasteiger partial charge in [-0.1, -0.05) is 30.3 Å². The molecule has 0 bridgehead atoms. The maximum atomic E-state index is 11.4. The summed E-state index contributed by atoms with van der Waals surface area (Å²) in [7, 11) is 0. The van der Waals surface area contributed by atoms with E-state index in [-0.39, 0.29) is 5.97 Å². The molecule has 108 valence electrons. The summed E-state index contributed by atoms with van der Waals surface area (Å²) in [4.78, 5) is 15.5. The van der Waals surface area contributed by atoms with Crippen LogP contribution in [0, 0.1) is 0 Å². The van der Waals surface area contributed by atoms with E-state index in [1.807, 2.05) is 31.3 Å². The molecule has 0 spiro atoms. The molecular weight excluding hydrogens is 262 g/mol. The Morgan fingerprint density at radius 2 is 1.95 bits per heavy atom. The molecule has 0 atom stereocenters. The zero-order chi connectivity index (χ0) is 15.1. The van der Waals surface area contributed by atoms with Crippen molar-refractivity contribution in [2.45, 2.75) is 20.3 Å². The Morgan fingerprint density at radius 1 is 1.19 bits per heavy atom. The molecule has 2 rings (SSSR count). The number of aromatic nitrogens is 1. The van der Waals surface area contributed by atoms with Gasteiger partial charge in [0.25, 0.3) is 0 Å². The molecule has 0 saturated carbocycles. The number of allylic oxidation sites excluding steroid dienone is 1. The van der Waals surface area contributed by atoms with Crippen LogP contribution in [0.1, 0.15) is 30.5 Å². The standard InChI is InChI=1S/C18H19NO2/c1-3-21-18(20)11-14(2)17-8-6-15(7-9-17)12-16-5-4-10-19-13-16/h4-11,13H,3,12H2,1-2H3/b14-11-. The average molecular weight is 281 g/mol. The average Bonchev–Trinajstić information content (AvgIpc) is 2.49. The van der Waals surface area contributed by atoms with Crippen LogP contribution in [0.15, 0.2) is 54.9 Å². The molecule has 21 heavy (non-hydrogen) atoms. The fraction of sp³-hybridized carbons (Fsp3) is 0.222. The van der Waals surface area contributed by atoms with Gasteiger partial charge >= 0.3 is 5.97 Å². The number of esters is 1. The van der Waals surface area contributed by atoms with Crippen LogP contribution in [-0.2, 0) is 16.0 Å². The van der Waals surface area contributed by atoms with Crippen molar-refractivity contribution in [3.63, 3.8) is 0 Å². The van der Waals surface area contributed by atoms with Crippen LogP contribution in [0.4, 0.5) is 0 Å². The Bertz CT molecular complexity index is 615. The van der Waals surface area contributed by atoms with Crippen LogP contribution in [0.25, 0.3) is 5.57 Å². The van der Waals surface area contributed by atoms with E-state index in [9.17, 15) is 4.79 Å². The lowest BCUT2D eigenvalue weighted by molar-refractivity contribution is -0.137. The molecule has 0 unspecified atom stereocenters. The maximum Gasteiger partial charge on any atom is 0.331 e. The van der Waals surface area contributed by atoms with Crippen molar-refractivity contribution in [2.75, 3.05) is 6.61 Å². The summed E-state index contributed by atoms with van der Waals surface area (Å²) in [6, 6.07) is 12.2. The van der Waals surface area contributed by atoms with Crippen molar-refractivity contribution in [1.82, 2.24) is 4.98 Å². The minimum Gasteiger partial charge on any atom is -0.463 e. The van der Waals surface area contributed by atoms with Gasteiger partial charge in [0.2, 0.25) is 0 Å². The summed E-state index contributed by atoms with van der Waals surface area (Å²) in [5.41, 5.74) is 4.33. The highest BCUT2D eigenvalue weighted by molar-refractivity contribution is 5.90. The molecule has 0 fully saturated rings. The van der Waals surface area contributed by atoms with Crippen LogP contribution in [0.3, 0.4) is 0 Å². The SMILES string of the molecule is CCOC(=O)/C=C(/C)c1ccc(Cc2cccnc2)cc1. The molecule has 2 aromatic rings. The molecule has 0 aliphatic carbocycles. The first-order chi connectivity index (χ1) is 10.2. The van der Waals surface area contributed by atoms with Crippen molar-refractivity contribution < 1.29 is 9.53 Å². The number of nitrogens with zero attached hydrogens (tertiary/aromatic N) is 1. The number of hydrogen-bond acceptors (Lipinski definition) is 3. The molecule has 0 radical (unpaired) electrons. The van der Waals surface area contributed by atoms with Gasteiger partial charge in [0.05, 0.1) is 6.61 Å². The zero-order valence-electron chi connectivity index (χ0n) is 12.4. The lowest BCUT2D eigenvalue weighted by Gasteiger charge is -2.05. The first kappa shape index (κ1) is 15.0. The van der Waals surface area contributed by atoms with Crippen LogP contribution in [0.2, 0.25) is 0 Å². The Morgan fingerprint density at radius 3 is 2.57 bits per heavy atom. The quantitative estimate of drug-likeness (QED) is 0.620. The topological polar surface area (TPSA) is 39.2 Å². The molecule has 3 heteroatoms. The first-order valence-corrected chi connectivity index (χ1v) is 7.02. The second-order valence-corrected chi connectivity index (χ2v) is 4.81. The number of carbonyl (C=O) groups excluding carboxylic acids is 1. The highest BCUT2D eigenvalue weighted by atomic mass is 16.5. The summed E-state index contributed by atoms with van der Waals surface area (Å²) >= 11 is 0. The Balaban J connectivity index is 2.06. The largest absolute Gasteiger partial charge is 0.463 e. The van der Waals surface area contributed by atoms with Crippen molar-refractivity contribution in [3.8, 4) is 0 Å². The smallest absolute Gasteiger partial charge is 0.331 e. The van der Waals surface area contributed by atoms with E-state index in [1.54, 1.807) is 13.1 Å². The molecular formula is C18H19NO2. The van der Waals surface area contributed by atoms with Crippen molar-refractivity contribution in [2.24, 2.45) is 0 Å². The van der Waals surface area contributed by atoms with Gasteiger partial charge in [-0.3, -0.25) is 4.98 Å². The van der Waals surface area contributed by atoms with Crippen molar-refractivity contribution in [1.29, 1.82) is 0 Å². The summed E-state index contributed by atoms with van der Waals surface area (Å²) in [5.74, 6) is -0.297. The zero-order valence-corrected chi connectivity index (χ0v) is 12.4. The number of pyridine rings is 1. The first-order valence-electron chi connectivity index (χ1n) is 7.02. The van der Waals surface area contributed by atoms with Gasteiger partial charge in [0.15, 0.2) is 0 Å². The van der Waals surface area contributed by atoms with E-state index < -0.39 is 0 Å². The monoisotopic (exact) mass is 281 g/mol. The third-order valence-corrected chi connectivity index (χ3v) is 3.16. The number of benzene rings is 1. The maximum absolute atomic E-state index is 11.4. The third-order valence-electron chi connectivity index (χ3n) is 3.16. The number of ether oxygens (including phenoxy) is 1. The highest BCUT2D eigenvalue weighted by Crippen LogP contribution is 2.16. The van der Waals surface area contributed by atoms with Gasteiger partial charge < -0.3 is 4.74 Å². The van der Waals surface area contributed by atoms with Gasteiger partial charge in [-0.15, -0.1) is 0 Å². The third kappa shape index (κ3) is 4.56. The number of carbonyl (C=O) groups is 1. The van der Waals surface area contributed by atoms with Crippen LogP contribution >= 0.6 is 0 Å². The molecule has 1 aromatic carbocycles. The Kier molecular flexibility index (Phi) is 5.27. The molecule has 1 heterocycles. The van der Waals surface area contributed by atoms with Crippen molar-refractivity contribution >= 4 is 11.5 Å². The van der Waals surface area contributed by atoms with Crippen LogP contribution in [-0.4, -0.2) is 17.6 Å². The van der Waals surface area contributed by atoms with Gasteiger partial charge in [-0.05, 0) is 48.6 Å². The molecule has 0 saturated heterocycles. The van der Waals surface area contributed by atoms with Crippen LogP contribution < -0.4 is 0 Å². The fourth-order valence-corrected chi connectivity index (χ4v) is 2.07. The minimum atomic E-state index is -0.297. The lowest BCUT2D eigenvalue weighted by Crippen LogP contribution is -2.00. The van der Waals surface area contributed by atoms with E-state index in [1.165, 1.54) is 17.2 Å². The summed E-state index contributed by atoms with van der Waals surface area (Å²) in [6.07, 6.45) is 6.03. The highest BCUT2D eigenvalue weighted by Gasteiger charge is 2.02. The molecule has 0 aliphatic heterocycles. The van der Waals surface area contributed by atoms with Gasteiger partial charge in [-0.25, -0.2) is 4.79 Å². The molecule has 0 N–H and O–H groups in total. The van der Waals surface area contributed by atoms with E-state index in [0.717, 1.165) is 17.6 Å². The van der Waals surface area contributed by atoms with E-state index in [2.05, 4.69) is 23.2 Å². The summed E-state index contributed by atoms with van der Waals surface area (Å²) in [5, 5.41) is 0. The summed E-state index contributed by atoms with van der Waals surface area (Å²) in [6.45, 7) is 4.11. The minimum absolute atomic E-state index is 0.297. The van der Waals surface area contributed by atoms with E-state index >= 15 is 0 Å². The van der Waals surface area contributed by atoms with Gasteiger partial charge in [0.1, 0.15) is 0 Å². The van der Waals surface area contributed by atoms with Gasteiger partial charge in [-0.2, -0.15) is 0 Å². The predicted octanol–water partition coefficient (Wildman–Crippen LogP) is 3.64. The number of rotatable bonds is 5. The molecule has 1 aromatic heterocycles. The van der Waals surface area contributed by atoms with E-state index in [0.29, 0.717) is 6.61 Å².